The van der Waals surface area contributed by atoms with Crippen molar-refractivity contribution in [1.82, 2.24) is 0 Å². The smallest absolute Gasteiger partial charge is 0.0858 e. The third-order valence-corrected chi connectivity index (χ3v) is 3.82. The van der Waals surface area contributed by atoms with Crippen molar-refractivity contribution in [2.24, 2.45) is 11.8 Å². The van der Waals surface area contributed by atoms with Gasteiger partial charge in [-0.1, -0.05) is 44.3 Å². The maximum absolute atomic E-state index is 5.53. The molecule has 1 aromatic carbocycles. The van der Waals surface area contributed by atoms with Crippen LogP contribution >= 0.6 is 12.2 Å². The van der Waals surface area contributed by atoms with Gasteiger partial charge in [0.15, 0.2) is 0 Å². The van der Waals surface area contributed by atoms with Crippen LogP contribution in [0.25, 0.3) is 0 Å². The first-order valence-corrected chi connectivity index (χ1v) is 5.87. The monoisotopic (exact) mass is 219 g/mol. The van der Waals surface area contributed by atoms with Gasteiger partial charge in [0.25, 0.3) is 0 Å². The maximum Gasteiger partial charge on any atom is 0.0858 e. The SMILES string of the molecule is CC(C)C1Cc2ccccc2N(C)C1=S. The molecule has 2 heteroatoms. The van der Waals surface area contributed by atoms with Crippen LogP contribution in [0, 0.1) is 11.8 Å². The summed E-state index contributed by atoms with van der Waals surface area (Å²) in [5.41, 5.74) is 2.70. The second kappa shape index (κ2) is 3.93. The van der Waals surface area contributed by atoms with E-state index >= 15 is 0 Å². The zero-order valence-electron chi connectivity index (χ0n) is 9.53. The summed E-state index contributed by atoms with van der Waals surface area (Å²) >= 11 is 5.53. The minimum Gasteiger partial charge on any atom is -0.339 e. The number of fused-ring (bicyclic) bond motifs is 1. The van der Waals surface area contributed by atoms with Gasteiger partial charge in [-0.05, 0) is 24.0 Å². The normalized spacial score (nSPS) is 20.7. The van der Waals surface area contributed by atoms with Crippen molar-refractivity contribution >= 4 is 22.9 Å². The molecular weight excluding hydrogens is 202 g/mol. The van der Waals surface area contributed by atoms with E-state index in [2.05, 4.69) is 50.1 Å². The summed E-state index contributed by atoms with van der Waals surface area (Å²) in [4.78, 5) is 3.25. The molecule has 1 nitrogen and oxygen atoms in total. The summed E-state index contributed by atoms with van der Waals surface area (Å²) in [6.45, 7) is 4.50. The van der Waals surface area contributed by atoms with E-state index in [1.165, 1.54) is 11.3 Å². The molecule has 0 spiro atoms. The van der Waals surface area contributed by atoms with Gasteiger partial charge in [0.05, 0.1) is 4.99 Å². The molecule has 0 N–H and O–H groups in total. The van der Waals surface area contributed by atoms with Crippen molar-refractivity contribution in [3.05, 3.63) is 29.8 Å². The highest BCUT2D eigenvalue weighted by Crippen LogP contribution is 2.33. The van der Waals surface area contributed by atoms with Crippen molar-refractivity contribution in [2.75, 3.05) is 11.9 Å². The molecule has 0 saturated carbocycles. The first-order valence-electron chi connectivity index (χ1n) is 5.46. The van der Waals surface area contributed by atoms with E-state index in [0.717, 1.165) is 11.4 Å². The van der Waals surface area contributed by atoms with Crippen molar-refractivity contribution in [1.29, 1.82) is 0 Å². The van der Waals surface area contributed by atoms with Crippen LogP contribution in [0.1, 0.15) is 19.4 Å². The predicted octanol–water partition coefficient (Wildman–Crippen LogP) is 3.28. The van der Waals surface area contributed by atoms with E-state index in [0.29, 0.717) is 11.8 Å². The lowest BCUT2D eigenvalue weighted by Crippen LogP contribution is -2.39. The number of thiocarbonyl (C=S) groups is 1. The van der Waals surface area contributed by atoms with Crippen LogP contribution in [-0.4, -0.2) is 12.0 Å². The van der Waals surface area contributed by atoms with Crippen molar-refractivity contribution < 1.29 is 0 Å². The van der Waals surface area contributed by atoms with Crippen LogP contribution in [0.3, 0.4) is 0 Å². The number of hydrogen-bond donors (Lipinski definition) is 0. The molecule has 0 aromatic heterocycles. The number of para-hydroxylation sites is 1. The van der Waals surface area contributed by atoms with E-state index in [9.17, 15) is 0 Å². The molecule has 80 valence electrons. The number of anilines is 1. The average molecular weight is 219 g/mol. The Kier molecular flexibility index (Phi) is 2.79. The van der Waals surface area contributed by atoms with Crippen LogP contribution in [-0.2, 0) is 6.42 Å². The van der Waals surface area contributed by atoms with Gasteiger partial charge in [-0.3, -0.25) is 0 Å². The molecule has 0 bridgehead atoms. The molecular formula is C13H17NS. The Hall–Kier alpha value is -0.890. The largest absolute Gasteiger partial charge is 0.339 e. The molecule has 1 unspecified atom stereocenters. The maximum atomic E-state index is 5.53. The molecule has 2 rings (SSSR count). The van der Waals surface area contributed by atoms with E-state index in [4.69, 9.17) is 12.2 Å². The summed E-state index contributed by atoms with van der Waals surface area (Å²) < 4.78 is 0. The molecule has 0 saturated heterocycles. The molecule has 0 radical (unpaired) electrons. The first-order chi connectivity index (χ1) is 7.11. The zero-order valence-corrected chi connectivity index (χ0v) is 10.3. The van der Waals surface area contributed by atoms with E-state index in [1.807, 2.05) is 0 Å². The third-order valence-electron chi connectivity index (χ3n) is 3.25. The lowest BCUT2D eigenvalue weighted by molar-refractivity contribution is 0.485. The molecule has 15 heavy (non-hydrogen) atoms. The van der Waals surface area contributed by atoms with E-state index in [-0.39, 0.29) is 0 Å². The quantitative estimate of drug-likeness (QED) is 0.667. The molecule has 1 aromatic rings. The van der Waals surface area contributed by atoms with Gasteiger partial charge in [-0.25, -0.2) is 0 Å². The van der Waals surface area contributed by atoms with Gasteiger partial charge in [0, 0.05) is 18.7 Å². The molecule has 0 fully saturated rings. The molecule has 1 aliphatic rings. The molecule has 0 amide bonds. The summed E-state index contributed by atoms with van der Waals surface area (Å²) in [5.74, 6) is 1.13. The van der Waals surface area contributed by atoms with Crippen molar-refractivity contribution in [3.8, 4) is 0 Å². The highest BCUT2D eigenvalue weighted by molar-refractivity contribution is 7.80. The molecule has 0 aliphatic carbocycles. The Morgan fingerprint density at radius 2 is 2.00 bits per heavy atom. The van der Waals surface area contributed by atoms with E-state index < -0.39 is 0 Å². The topological polar surface area (TPSA) is 3.24 Å². The van der Waals surface area contributed by atoms with E-state index in [1.54, 1.807) is 0 Å². The molecule has 1 atom stereocenters. The second-order valence-corrected chi connectivity index (χ2v) is 5.00. The minimum absolute atomic E-state index is 0.514. The first kappa shape index (κ1) is 10.6. The lowest BCUT2D eigenvalue weighted by atomic mass is 9.85. The van der Waals surface area contributed by atoms with Gasteiger partial charge >= 0.3 is 0 Å². The lowest BCUT2D eigenvalue weighted by Gasteiger charge is -2.36. The minimum atomic E-state index is 0.514. The Bertz CT molecular complexity index is 384. The van der Waals surface area contributed by atoms with Gasteiger partial charge in [0.2, 0.25) is 0 Å². The fraction of sp³-hybridized carbons (Fsp3) is 0.462. The number of rotatable bonds is 1. The molecule has 1 aliphatic heterocycles. The van der Waals surface area contributed by atoms with Crippen LogP contribution in [0.4, 0.5) is 5.69 Å². The van der Waals surface area contributed by atoms with Crippen LogP contribution < -0.4 is 4.90 Å². The fourth-order valence-corrected chi connectivity index (χ4v) is 2.68. The zero-order chi connectivity index (χ0) is 11.0. The van der Waals surface area contributed by atoms with Gasteiger partial charge in [-0.2, -0.15) is 0 Å². The number of nitrogens with zero attached hydrogens (tertiary/aromatic N) is 1. The van der Waals surface area contributed by atoms with Crippen molar-refractivity contribution in [3.63, 3.8) is 0 Å². The fourth-order valence-electron chi connectivity index (χ4n) is 2.22. The summed E-state index contributed by atoms with van der Waals surface area (Å²) in [5, 5.41) is 0. The van der Waals surface area contributed by atoms with Gasteiger partial charge < -0.3 is 4.90 Å². The van der Waals surface area contributed by atoms with Crippen LogP contribution in [0.15, 0.2) is 24.3 Å². The Morgan fingerprint density at radius 3 is 2.67 bits per heavy atom. The number of hydrogen-bond acceptors (Lipinski definition) is 1. The highest BCUT2D eigenvalue weighted by Gasteiger charge is 2.28. The average Bonchev–Trinajstić information content (AvgIpc) is 2.23. The Morgan fingerprint density at radius 1 is 1.33 bits per heavy atom. The van der Waals surface area contributed by atoms with Crippen LogP contribution in [0.5, 0.6) is 0 Å². The van der Waals surface area contributed by atoms with Gasteiger partial charge in [-0.15, -0.1) is 0 Å². The summed E-state index contributed by atoms with van der Waals surface area (Å²) in [7, 11) is 2.08. The number of benzene rings is 1. The predicted molar refractivity (Wildman–Crippen MR) is 69.5 cm³/mol. The van der Waals surface area contributed by atoms with Crippen molar-refractivity contribution in [2.45, 2.75) is 20.3 Å². The molecule has 1 heterocycles. The highest BCUT2D eigenvalue weighted by atomic mass is 32.1. The summed E-state index contributed by atoms with van der Waals surface area (Å²) in [6, 6.07) is 8.55. The Balaban J connectivity index is 2.41. The second-order valence-electron chi connectivity index (χ2n) is 4.58. The Labute approximate surface area is 97.1 Å². The summed E-state index contributed by atoms with van der Waals surface area (Å²) in [6.07, 6.45) is 1.09. The van der Waals surface area contributed by atoms with Gasteiger partial charge in [0.1, 0.15) is 0 Å². The van der Waals surface area contributed by atoms with Crippen LogP contribution in [0.2, 0.25) is 0 Å². The third kappa shape index (κ3) is 1.78. The standard InChI is InChI=1S/C13H17NS/c1-9(2)11-8-10-6-4-5-7-12(10)14(3)13(11)15/h4-7,9,11H,8H2,1-3H3.